The van der Waals surface area contributed by atoms with Crippen molar-refractivity contribution in [3.63, 3.8) is 0 Å². The van der Waals surface area contributed by atoms with E-state index in [1.54, 1.807) is 6.20 Å². The van der Waals surface area contributed by atoms with Crippen molar-refractivity contribution in [2.24, 2.45) is 0 Å². The highest BCUT2D eigenvalue weighted by Gasteiger charge is 2.48. The first-order valence-corrected chi connectivity index (χ1v) is 15.9. The summed E-state index contributed by atoms with van der Waals surface area (Å²) in [5, 5.41) is 4.45. The van der Waals surface area contributed by atoms with Gasteiger partial charge in [0, 0.05) is 53.9 Å². The number of benzene rings is 2. The van der Waals surface area contributed by atoms with Gasteiger partial charge in [0.05, 0.1) is 23.1 Å². The van der Waals surface area contributed by atoms with Gasteiger partial charge in [-0.1, -0.05) is 12.1 Å². The number of amides is 2. The number of aromatic nitrogens is 3. The Morgan fingerprint density at radius 1 is 0.956 bits per heavy atom. The van der Waals surface area contributed by atoms with Crippen LogP contribution >= 0.6 is 0 Å². The number of carbonyl (C=O) groups is 2. The van der Waals surface area contributed by atoms with Gasteiger partial charge in [-0.2, -0.15) is 0 Å². The van der Waals surface area contributed by atoms with Gasteiger partial charge in [-0.3, -0.25) is 14.7 Å². The predicted octanol–water partition coefficient (Wildman–Crippen LogP) is 6.32. The third-order valence-corrected chi connectivity index (χ3v) is 9.30. The molecular weight excluding hydrogens is 564 g/mol. The highest BCUT2D eigenvalue weighted by molar-refractivity contribution is 5.98. The van der Waals surface area contributed by atoms with E-state index in [2.05, 4.69) is 43.4 Å². The first-order valence-electron chi connectivity index (χ1n) is 15.9. The molecule has 4 heterocycles. The maximum Gasteiger partial charge on any atom is 0.410 e. The highest BCUT2D eigenvalue weighted by Crippen LogP contribution is 2.49. The van der Waals surface area contributed by atoms with Gasteiger partial charge in [-0.25, -0.2) is 14.8 Å². The van der Waals surface area contributed by atoms with Crippen molar-refractivity contribution in [3.8, 4) is 11.4 Å². The zero-order chi connectivity index (χ0) is 31.5. The average Bonchev–Trinajstić information content (AvgIpc) is 3.73. The van der Waals surface area contributed by atoms with E-state index in [4.69, 9.17) is 4.74 Å². The molecule has 0 spiro atoms. The summed E-state index contributed by atoms with van der Waals surface area (Å²) in [4.78, 5) is 45.0. The number of piperazine rings is 1. The van der Waals surface area contributed by atoms with E-state index in [9.17, 15) is 9.59 Å². The fraction of sp³-hybridized carbons (Fsp3) is 0.417. The summed E-state index contributed by atoms with van der Waals surface area (Å²) in [6.45, 7) is 11.1. The minimum Gasteiger partial charge on any atom is -0.444 e. The molecule has 1 aliphatic carbocycles. The van der Waals surface area contributed by atoms with Gasteiger partial charge in [0.1, 0.15) is 5.60 Å². The summed E-state index contributed by atoms with van der Waals surface area (Å²) in [6.07, 6.45) is 8.79. The minimum atomic E-state index is -0.523. The predicted molar refractivity (Wildman–Crippen MR) is 174 cm³/mol. The number of carbonyl (C=O) groups excluding carboxylic acids is 2. The van der Waals surface area contributed by atoms with Crippen LogP contribution in [0, 0.1) is 13.8 Å². The van der Waals surface area contributed by atoms with Gasteiger partial charge < -0.3 is 15.0 Å². The summed E-state index contributed by atoms with van der Waals surface area (Å²) in [5.41, 5.74) is 5.37. The topological polar surface area (TPSA) is 101 Å². The largest absolute Gasteiger partial charge is 0.444 e. The minimum absolute atomic E-state index is 0.0868. The number of nitrogens with zero attached hydrogens (tertiary/aromatic N) is 5. The van der Waals surface area contributed by atoms with Crippen LogP contribution in [-0.2, 0) is 10.3 Å². The van der Waals surface area contributed by atoms with Crippen molar-refractivity contribution in [2.45, 2.75) is 83.5 Å². The fourth-order valence-corrected chi connectivity index (χ4v) is 6.90. The van der Waals surface area contributed by atoms with Gasteiger partial charge in [0.25, 0.3) is 5.91 Å². The van der Waals surface area contributed by atoms with Crippen molar-refractivity contribution in [1.82, 2.24) is 25.2 Å². The van der Waals surface area contributed by atoms with Crippen molar-refractivity contribution in [1.29, 1.82) is 0 Å². The van der Waals surface area contributed by atoms with Crippen LogP contribution in [-0.4, -0.2) is 62.6 Å². The van der Waals surface area contributed by atoms with Crippen molar-refractivity contribution >= 4 is 28.6 Å². The molecule has 232 valence electrons. The number of fused-ring (bicyclic) bond motifs is 3. The number of ether oxygens (including phenoxy) is 1. The van der Waals surface area contributed by atoms with Crippen LogP contribution in [0.25, 0.3) is 22.3 Å². The molecule has 2 aromatic carbocycles. The van der Waals surface area contributed by atoms with Crippen LogP contribution < -0.4 is 10.2 Å². The lowest BCUT2D eigenvalue weighted by molar-refractivity contribution is 0.0123. The Morgan fingerprint density at radius 2 is 1.67 bits per heavy atom. The molecule has 7 rings (SSSR count). The number of hydrogen-bond acceptors (Lipinski definition) is 7. The molecular formula is C36H40N6O3. The maximum atomic E-state index is 14.0. The van der Waals surface area contributed by atoms with E-state index in [-0.39, 0.29) is 24.1 Å². The van der Waals surface area contributed by atoms with Crippen LogP contribution in [0.5, 0.6) is 0 Å². The smallest absolute Gasteiger partial charge is 0.410 e. The Hall–Kier alpha value is -4.53. The summed E-state index contributed by atoms with van der Waals surface area (Å²) >= 11 is 0. The molecule has 1 saturated carbocycles. The van der Waals surface area contributed by atoms with E-state index >= 15 is 0 Å². The maximum absolute atomic E-state index is 14.0. The first-order chi connectivity index (χ1) is 21.5. The molecule has 9 heteroatoms. The zero-order valence-electron chi connectivity index (χ0n) is 26.6. The second kappa shape index (κ2) is 10.8. The molecule has 9 nitrogen and oxygen atoms in total. The first kappa shape index (κ1) is 29.2. The third kappa shape index (κ3) is 5.60. The molecule has 3 fully saturated rings. The number of nitrogens with one attached hydrogen (secondary N) is 1. The molecule has 2 unspecified atom stereocenters. The Labute approximate surface area is 264 Å². The molecule has 45 heavy (non-hydrogen) atoms. The van der Waals surface area contributed by atoms with Gasteiger partial charge in [-0.05, 0) is 107 Å². The Morgan fingerprint density at radius 3 is 2.33 bits per heavy atom. The summed E-state index contributed by atoms with van der Waals surface area (Å²) in [7, 11) is 0. The Balaban J connectivity index is 1.14. The van der Waals surface area contributed by atoms with Crippen LogP contribution in [0.2, 0.25) is 0 Å². The number of aryl methyl sites for hydroxylation is 2. The zero-order valence-corrected chi connectivity index (χ0v) is 26.6. The third-order valence-electron chi connectivity index (χ3n) is 9.30. The molecule has 2 saturated heterocycles. The number of anilines is 1. The van der Waals surface area contributed by atoms with Crippen LogP contribution in [0.1, 0.15) is 73.5 Å². The average molecular weight is 605 g/mol. The normalized spacial score (nSPS) is 20.3. The monoisotopic (exact) mass is 604 g/mol. The SMILES string of the molecule is Cc1cnc(-c2cc(C3(NC(=O)c4cc(N5CC6CCC(C5)N6C(=O)OC(C)(C)C)ccc4C)CC3)c3cccnc3c2)nc1. The molecule has 1 N–H and O–H groups in total. The van der Waals surface area contributed by atoms with E-state index in [1.165, 1.54) is 0 Å². The molecule has 3 aliphatic rings. The highest BCUT2D eigenvalue weighted by atomic mass is 16.6. The summed E-state index contributed by atoms with van der Waals surface area (Å²) in [6, 6.07) is 14.5. The molecule has 4 aromatic rings. The van der Waals surface area contributed by atoms with Gasteiger partial charge in [0.2, 0.25) is 0 Å². The van der Waals surface area contributed by atoms with Gasteiger partial charge >= 0.3 is 6.09 Å². The van der Waals surface area contributed by atoms with Gasteiger partial charge in [0.15, 0.2) is 5.82 Å². The molecule has 2 amide bonds. The Bertz CT molecular complexity index is 1780. The summed E-state index contributed by atoms with van der Waals surface area (Å²) < 4.78 is 5.72. The molecule has 2 aliphatic heterocycles. The Kier molecular flexibility index (Phi) is 7.02. The van der Waals surface area contributed by atoms with E-state index < -0.39 is 11.1 Å². The van der Waals surface area contributed by atoms with Crippen molar-refractivity contribution < 1.29 is 14.3 Å². The molecule has 0 radical (unpaired) electrons. The van der Waals surface area contributed by atoms with Crippen LogP contribution in [0.4, 0.5) is 10.5 Å². The van der Waals surface area contributed by atoms with Crippen LogP contribution in [0.3, 0.4) is 0 Å². The number of rotatable bonds is 5. The quantitative estimate of drug-likeness (QED) is 0.285. The van der Waals surface area contributed by atoms with E-state index in [1.807, 2.05) is 76.2 Å². The summed E-state index contributed by atoms with van der Waals surface area (Å²) in [5.74, 6) is 0.553. The second-order valence-electron chi connectivity index (χ2n) is 13.9. The van der Waals surface area contributed by atoms with Gasteiger partial charge in [-0.15, -0.1) is 0 Å². The van der Waals surface area contributed by atoms with Crippen molar-refractivity contribution in [3.05, 3.63) is 83.3 Å². The van der Waals surface area contributed by atoms with E-state index in [0.29, 0.717) is 11.4 Å². The van der Waals surface area contributed by atoms with Crippen LogP contribution in [0.15, 0.2) is 61.1 Å². The molecule has 2 atom stereocenters. The molecule has 2 bridgehead atoms. The number of hydrogen-bond donors (Lipinski definition) is 1. The molecule has 2 aromatic heterocycles. The lowest BCUT2D eigenvalue weighted by Crippen LogP contribution is -2.56. The fourth-order valence-electron chi connectivity index (χ4n) is 6.90. The lowest BCUT2D eigenvalue weighted by Gasteiger charge is -2.42. The second-order valence-corrected chi connectivity index (χ2v) is 13.9. The van der Waals surface area contributed by atoms with Crippen molar-refractivity contribution in [2.75, 3.05) is 18.0 Å². The standard InChI is InChI=1S/C36H40N6O3/c1-22-18-38-32(39-19-22)24-15-30(28-7-6-14-37-31(28)16-24)36(12-13-36)40-33(43)29-17-25(9-8-23(29)2)41-20-26-10-11-27(21-41)42(26)34(44)45-35(3,4)5/h6-9,14-19,26-27H,10-13,20-21H2,1-5H3,(H,40,43). The van der Waals surface area contributed by atoms with E-state index in [0.717, 1.165) is 77.6 Å². The number of pyridine rings is 1. The lowest BCUT2D eigenvalue weighted by atomic mass is 9.95.